The summed E-state index contributed by atoms with van der Waals surface area (Å²) in [7, 11) is 0. The van der Waals surface area contributed by atoms with Gasteiger partial charge in [-0.3, -0.25) is 0 Å². The van der Waals surface area contributed by atoms with Crippen molar-refractivity contribution in [2.24, 2.45) is 0 Å². The van der Waals surface area contributed by atoms with Crippen LogP contribution in [-0.2, 0) is 4.74 Å². The molecule has 0 rings (SSSR count). The summed E-state index contributed by atoms with van der Waals surface area (Å²) in [6, 6.07) is 0. The van der Waals surface area contributed by atoms with Gasteiger partial charge in [0.15, 0.2) is 0 Å². The molecule has 0 aliphatic rings. The number of ether oxygens (including phenoxy) is 1. The molecule has 0 N–H and O–H groups in total. The minimum absolute atomic E-state index is 0.839. The van der Waals surface area contributed by atoms with Crippen molar-refractivity contribution < 1.29 is 4.74 Å². The van der Waals surface area contributed by atoms with Gasteiger partial charge in [0, 0.05) is 13.2 Å². The van der Waals surface area contributed by atoms with Gasteiger partial charge in [-0.2, -0.15) is 0 Å². The van der Waals surface area contributed by atoms with Crippen LogP contribution in [0.2, 0.25) is 13.3 Å². The van der Waals surface area contributed by atoms with E-state index in [4.69, 9.17) is 4.74 Å². The van der Waals surface area contributed by atoms with Crippen molar-refractivity contribution in [3.8, 4) is 0 Å². The second kappa shape index (κ2) is 28.0. The third kappa shape index (κ3) is 27.0. The van der Waals surface area contributed by atoms with Crippen LogP contribution in [0.5, 0.6) is 0 Å². The third-order valence-corrected chi connectivity index (χ3v) is 14.0. The summed E-state index contributed by atoms with van der Waals surface area (Å²) in [4.78, 5) is 0. The Morgan fingerprint density at radius 3 is 1.08 bits per heavy atom. The summed E-state index contributed by atoms with van der Waals surface area (Å²) in [5, 5.41) is 0. The minimum atomic E-state index is -0.839. The summed E-state index contributed by atoms with van der Waals surface area (Å²) in [5.41, 5.74) is 0. The topological polar surface area (TPSA) is 9.23 Å². The first-order valence-electron chi connectivity index (χ1n) is 12.2. The van der Waals surface area contributed by atoms with Crippen LogP contribution in [0, 0.1) is 0 Å². The van der Waals surface area contributed by atoms with Crippen LogP contribution in [0.4, 0.5) is 0 Å². The molecule has 0 fully saturated rings. The second-order valence-corrected chi connectivity index (χ2v) is 16.4. The Hall–Kier alpha value is 0.759. The molecular formula is C24H53OSn. The van der Waals surface area contributed by atoms with Gasteiger partial charge in [0.2, 0.25) is 0 Å². The van der Waals surface area contributed by atoms with Crippen LogP contribution in [-0.4, -0.2) is 33.0 Å². The summed E-state index contributed by atoms with van der Waals surface area (Å²) >= 11 is -0.839. The zero-order chi connectivity index (χ0) is 19.7. The molecule has 1 nitrogen and oxygen atoms in total. The molecule has 0 saturated carbocycles. The summed E-state index contributed by atoms with van der Waals surface area (Å²) in [6.45, 7) is 13.4. The van der Waals surface area contributed by atoms with Crippen molar-refractivity contribution in [3.05, 3.63) is 0 Å². The van der Waals surface area contributed by atoms with E-state index in [0.29, 0.717) is 0 Å². The molecule has 1 radical (unpaired) electrons. The van der Waals surface area contributed by atoms with Crippen LogP contribution in [0.3, 0.4) is 0 Å². The van der Waals surface area contributed by atoms with E-state index in [1.165, 1.54) is 89.9 Å². The first kappa shape index (κ1) is 29.0. The predicted molar refractivity (Wildman–Crippen MR) is 124 cm³/mol. The monoisotopic (exact) mass is 477 g/mol. The molecule has 0 aromatic rings. The molecule has 0 heterocycles. The fourth-order valence-corrected chi connectivity index (χ4v) is 12.5. The van der Waals surface area contributed by atoms with Gasteiger partial charge in [-0.1, -0.05) is 52.4 Å². The Balaban J connectivity index is 0. The van der Waals surface area contributed by atoms with E-state index in [-0.39, 0.29) is 0 Å². The molecule has 0 aliphatic carbocycles. The Labute approximate surface area is 175 Å². The van der Waals surface area contributed by atoms with Crippen molar-refractivity contribution in [1.82, 2.24) is 0 Å². The normalized spacial score (nSPS) is 10.8. The Morgan fingerprint density at radius 1 is 0.423 bits per heavy atom. The molecule has 0 unspecified atom stereocenters. The molecule has 0 atom stereocenters. The summed E-state index contributed by atoms with van der Waals surface area (Å²) in [6.07, 6.45) is 19.4. The quantitative estimate of drug-likeness (QED) is 0.133. The SMILES string of the molecule is CCCCCCOCCCCCC.CCC[CH2][Sn]([CH2]CCC)[CH2]CCC. The zero-order valence-electron chi connectivity index (χ0n) is 19.3. The third-order valence-electron chi connectivity index (χ3n) is 4.94. The molecular weight excluding hydrogens is 423 g/mol. The van der Waals surface area contributed by atoms with Crippen LogP contribution in [0.1, 0.15) is 125 Å². The molecule has 26 heavy (non-hydrogen) atoms. The molecule has 0 saturated heterocycles. The van der Waals surface area contributed by atoms with Gasteiger partial charge in [-0.25, -0.2) is 0 Å². The van der Waals surface area contributed by atoms with E-state index in [1.807, 2.05) is 0 Å². The van der Waals surface area contributed by atoms with Crippen molar-refractivity contribution >= 4 is 19.8 Å². The van der Waals surface area contributed by atoms with E-state index in [2.05, 4.69) is 34.6 Å². The van der Waals surface area contributed by atoms with Gasteiger partial charge in [0.05, 0.1) is 0 Å². The molecule has 2 heteroatoms. The fourth-order valence-electron chi connectivity index (χ4n) is 3.02. The van der Waals surface area contributed by atoms with Crippen molar-refractivity contribution in [2.45, 2.75) is 138 Å². The fraction of sp³-hybridized carbons (Fsp3) is 1.00. The second-order valence-electron chi connectivity index (χ2n) is 7.79. The van der Waals surface area contributed by atoms with Gasteiger partial charge in [0.1, 0.15) is 0 Å². The van der Waals surface area contributed by atoms with E-state index >= 15 is 0 Å². The number of rotatable bonds is 19. The summed E-state index contributed by atoms with van der Waals surface area (Å²) in [5.74, 6) is 0. The molecule has 0 spiro atoms. The van der Waals surface area contributed by atoms with Gasteiger partial charge >= 0.3 is 92.4 Å². The van der Waals surface area contributed by atoms with Gasteiger partial charge in [0.25, 0.3) is 0 Å². The van der Waals surface area contributed by atoms with Crippen molar-refractivity contribution in [1.29, 1.82) is 0 Å². The molecule has 0 aromatic heterocycles. The van der Waals surface area contributed by atoms with E-state index in [1.54, 1.807) is 13.3 Å². The van der Waals surface area contributed by atoms with E-state index in [9.17, 15) is 0 Å². The van der Waals surface area contributed by atoms with Gasteiger partial charge in [-0.15, -0.1) is 0 Å². The van der Waals surface area contributed by atoms with E-state index in [0.717, 1.165) is 13.2 Å². The first-order valence-corrected chi connectivity index (χ1v) is 18.2. The average molecular weight is 476 g/mol. The predicted octanol–water partition coefficient (Wildman–Crippen LogP) is 9.05. The Bertz CT molecular complexity index is 191. The first-order chi connectivity index (χ1) is 12.8. The van der Waals surface area contributed by atoms with E-state index < -0.39 is 19.8 Å². The van der Waals surface area contributed by atoms with Crippen molar-refractivity contribution in [3.63, 3.8) is 0 Å². The zero-order valence-corrected chi connectivity index (χ0v) is 22.2. The van der Waals surface area contributed by atoms with Crippen LogP contribution in [0.25, 0.3) is 0 Å². The van der Waals surface area contributed by atoms with Gasteiger partial charge in [-0.05, 0) is 12.8 Å². The average Bonchev–Trinajstić information content (AvgIpc) is 2.66. The van der Waals surface area contributed by atoms with Crippen LogP contribution >= 0.6 is 0 Å². The molecule has 0 bridgehead atoms. The van der Waals surface area contributed by atoms with Crippen LogP contribution < -0.4 is 0 Å². The molecule has 0 aromatic carbocycles. The van der Waals surface area contributed by atoms with Crippen molar-refractivity contribution in [2.75, 3.05) is 13.2 Å². The van der Waals surface area contributed by atoms with Crippen LogP contribution in [0.15, 0.2) is 0 Å². The molecule has 159 valence electrons. The Morgan fingerprint density at radius 2 is 0.769 bits per heavy atom. The number of unbranched alkanes of at least 4 members (excludes halogenated alkanes) is 9. The molecule has 0 aliphatic heterocycles. The van der Waals surface area contributed by atoms with Gasteiger partial charge < -0.3 is 4.74 Å². The standard InChI is InChI=1S/C12H26O.3C4H9.Sn/c1-3-5-7-9-11-13-12-10-8-6-4-2;3*1-3-4-2;/h3-12H2,1-2H3;3*1,3-4H2,2H3;. The number of hydrogen-bond donors (Lipinski definition) is 0. The Kier molecular flexibility index (Phi) is 31.2. The molecule has 0 amide bonds. The number of hydrogen-bond acceptors (Lipinski definition) is 1. The maximum absolute atomic E-state index is 5.53. The summed E-state index contributed by atoms with van der Waals surface area (Å²) < 4.78 is 10.6. The maximum atomic E-state index is 5.53.